The molecule has 2 aromatic rings. The number of benzene rings is 1. The second kappa shape index (κ2) is 5.70. The van der Waals surface area contributed by atoms with Crippen LogP contribution in [-0.2, 0) is 17.5 Å². The van der Waals surface area contributed by atoms with E-state index in [9.17, 15) is 23.1 Å². The van der Waals surface area contributed by atoms with Gasteiger partial charge in [-0.3, -0.25) is 9.48 Å². The van der Waals surface area contributed by atoms with Gasteiger partial charge in [0.2, 0.25) is 5.91 Å². The van der Waals surface area contributed by atoms with E-state index in [0.717, 1.165) is 12.1 Å². The molecule has 22 heavy (non-hydrogen) atoms. The summed E-state index contributed by atoms with van der Waals surface area (Å²) in [5, 5.41) is 13.3. The SMILES string of the molecule is CN(C)C(=O)Cn1cc(-c2ccc(O)c(C(F)(F)F)c2)cn1. The summed E-state index contributed by atoms with van der Waals surface area (Å²) in [6, 6.07) is 3.20. The van der Waals surface area contributed by atoms with Crippen molar-refractivity contribution in [3.63, 3.8) is 0 Å². The summed E-state index contributed by atoms with van der Waals surface area (Å²) in [5.74, 6) is -1.01. The molecular formula is C14H14F3N3O2. The number of likely N-dealkylation sites (N-methyl/N-ethyl adjacent to an activating group) is 1. The average molecular weight is 313 g/mol. The third-order valence-electron chi connectivity index (χ3n) is 3.06. The molecule has 1 aromatic carbocycles. The van der Waals surface area contributed by atoms with Gasteiger partial charge in [-0.15, -0.1) is 0 Å². The first-order chi connectivity index (χ1) is 10.2. The van der Waals surface area contributed by atoms with Gasteiger partial charge in [-0.25, -0.2) is 0 Å². The predicted molar refractivity (Wildman–Crippen MR) is 73.0 cm³/mol. The third kappa shape index (κ3) is 3.38. The van der Waals surface area contributed by atoms with Crippen LogP contribution in [0.1, 0.15) is 5.56 Å². The molecule has 0 saturated carbocycles. The van der Waals surface area contributed by atoms with Crippen molar-refractivity contribution in [2.24, 2.45) is 0 Å². The van der Waals surface area contributed by atoms with Crippen LogP contribution in [0, 0.1) is 0 Å². The monoisotopic (exact) mass is 313 g/mol. The van der Waals surface area contributed by atoms with E-state index in [1.807, 2.05) is 0 Å². The maximum absolute atomic E-state index is 12.8. The number of phenolic OH excluding ortho intramolecular Hbond substituents is 1. The summed E-state index contributed by atoms with van der Waals surface area (Å²) in [4.78, 5) is 13.0. The Kier molecular flexibility index (Phi) is 4.11. The number of rotatable bonds is 3. The van der Waals surface area contributed by atoms with Gasteiger partial charge >= 0.3 is 6.18 Å². The molecule has 5 nitrogen and oxygen atoms in total. The van der Waals surface area contributed by atoms with E-state index in [1.54, 1.807) is 14.1 Å². The number of carbonyl (C=O) groups excluding carboxylic acids is 1. The van der Waals surface area contributed by atoms with E-state index in [2.05, 4.69) is 5.10 Å². The molecule has 0 radical (unpaired) electrons. The van der Waals surface area contributed by atoms with Crippen molar-refractivity contribution in [2.75, 3.05) is 14.1 Å². The molecule has 2 rings (SSSR count). The lowest BCUT2D eigenvalue weighted by atomic mass is 10.1. The van der Waals surface area contributed by atoms with Gasteiger partial charge in [0.05, 0.1) is 11.8 Å². The van der Waals surface area contributed by atoms with Crippen LogP contribution < -0.4 is 0 Å². The van der Waals surface area contributed by atoms with E-state index >= 15 is 0 Å². The molecule has 0 fully saturated rings. The summed E-state index contributed by atoms with van der Waals surface area (Å²) in [6.45, 7) is -0.00277. The zero-order chi connectivity index (χ0) is 16.5. The van der Waals surface area contributed by atoms with Crippen molar-refractivity contribution < 1.29 is 23.1 Å². The molecule has 0 spiro atoms. The number of aromatic nitrogens is 2. The standard InChI is InChI=1S/C14H14F3N3O2/c1-19(2)13(22)8-20-7-10(6-18-20)9-3-4-12(21)11(5-9)14(15,16)17/h3-7,21H,8H2,1-2H3. The highest BCUT2D eigenvalue weighted by Gasteiger charge is 2.34. The number of nitrogens with zero attached hydrogens (tertiary/aromatic N) is 3. The van der Waals surface area contributed by atoms with Crippen LogP contribution in [0.3, 0.4) is 0 Å². The van der Waals surface area contributed by atoms with Crippen LogP contribution in [0.5, 0.6) is 5.75 Å². The minimum atomic E-state index is -4.64. The molecule has 1 amide bonds. The summed E-state index contributed by atoms with van der Waals surface area (Å²) in [6.07, 6.45) is -1.79. The molecule has 0 saturated heterocycles. The molecule has 0 bridgehead atoms. The van der Waals surface area contributed by atoms with Gasteiger partial charge in [0.15, 0.2) is 0 Å². The minimum absolute atomic E-state index is 0.00277. The molecule has 0 aliphatic carbocycles. The summed E-state index contributed by atoms with van der Waals surface area (Å²) >= 11 is 0. The van der Waals surface area contributed by atoms with E-state index in [0.29, 0.717) is 5.56 Å². The Morgan fingerprint density at radius 2 is 2.00 bits per heavy atom. The number of hydrogen-bond donors (Lipinski definition) is 1. The van der Waals surface area contributed by atoms with Gasteiger partial charge in [0.25, 0.3) is 0 Å². The number of hydrogen-bond acceptors (Lipinski definition) is 3. The number of alkyl halides is 3. The summed E-state index contributed by atoms with van der Waals surface area (Å²) < 4.78 is 39.7. The number of amides is 1. The highest BCUT2D eigenvalue weighted by Crippen LogP contribution is 2.37. The molecule has 0 aliphatic rings. The lowest BCUT2D eigenvalue weighted by Gasteiger charge is -2.10. The maximum atomic E-state index is 12.8. The highest BCUT2D eigenvalue weighted by molar-refractivity contribution is 5.75. The van der Waals surface area contributed by atoms with E-state index in [1.165, 1.54) is 28.0 Å². The summed E-state index contributed by atoms with van der Waals surface area (Å²) in [7, 11) is 3.20. The summed E-state index contributed by atoms with van der Waals surface area (Å²) in [5.41, 5.74) is -0.423. The van der Waals surface area contributed by atoms with Crippen LogP contribution in [-0.4, -0.2) is 39.8 Å². The number of carbonyl (C=O) groups is 1. The lowest BCUT2D eigenvalue weighted by Crippen LogP contribution is -2.26. The van der Waals surface area contributed by atoms with Crippen LogP contribution in [0.15, 0.2) is 30.6 Å². The molecule has 8 heteroatoms. The van der Waals surface area contributed by atoms with E-state index in [-0.39, 0.29) is 18.0 Å². The smallest absolute Gasteiger partial charge is 0.419 e. The fourth-order valence-corrected chi connectivity index (χ4v) is 1.82. The zero-order valence-electron chi connectivity index (χ0n) is 11.9. The molecule has 0 unspecified atom stereocenters. The Balaban J connectivity index is 2.30. The van der Waals surface area contributed by atoms with E-state index < -0.39 is 17.5 Å². The average Bonchev–Trinajstić information content (AvgIpc) is 2.86. The highest BCUT2D eigenvalue weighted by atomic mass is 19.4. The Labute approximate surface area is 124 Å². The topological polar surface area (TPSA) is 58.4 Å². The predicted octanol–water partition coefficient (Wildman–Crippen LogP) is 2.36. The van der Waals surface area contributed by atoms with Gasteiger partial charge in [-0.05, 0) is 17.7 Å². The zero-order valence-corrected chi connectivity index (χ0v) is 11.9. The van der Waals surface area contributed by atoms with Gasteiger partial charge in [0.1, 0.15) is 12.3 Å². The second-order valence-corrected chi connectivity index (χ2v) is 4.94. The lowest BCUT2D eigenvalue weighted by molar-refractivity contribution is -0.138. The minimum Gasteiger partial charge on any atom is -0.507 e. The van der Waals surface area contributed by atoms with E-state index in [4.69, 9.17) is 0 Å². The van der Waals surface area contributed by atoms with Crippen LogP contribution >= 0.6 is 0 Å². The molecule has 0 atom stereocenters. The van der Waals surface area contributed by atoms with Gasteiger partial charge in [0, 0.05) is 25.9 Å². The van der Waals surface area contributed by atoms with Gasteiger partial charge in [-0.2, -0.15) is 18.3 Å². The molecular weight excluding hydrogens is 299 g/mol. The third-order valence-corrected chi connectivity index (χ3v) is 3.06. The number of phenols is 1. The largest absolute Gasteiger partial charge is 0.507 e. The molecule has 0 aliphatic heterocycles. The quantitative estimate of drug-likeness (QED) is 0.946. The number of aromatic hydroxyl groups is 1. The van der Waals surface area contributed by atoms with Crippen molar-refractivity contribution in [1.29, 1.82) is 0 Å². The fourth-order valence-electron chi connectivity index (χ4n) is 1.82. The Bertz CT molecular complexity index is 693. The first-order valence-corrected chi connectivity index (χ1v) is 6.31. The first-order valence-electron chi connectivity index (χ1n) is 6.31. The van der Waals surface area contributed by atoms with Crippen LogP contribution in [0.25, 0.3) is 11.1 Å². The first kappa shape index (κ1) is 15.9. The molecule has 1 aromatic heterocycles. The number of halogens is 3. The van der Waals surface area contributed by atoms with Gasteiger partial charge < -0.3 is 10.0 Å². The van der Waals surface area contributed by atoms with Crippen molar-refractivity contribution in [1.82, 2.24) is 14.7 Å². The Hall–Kier alpha value is -2.51. The fraction of sp³-hybridized carbons (Fsp3) is 0.286. The van der Waals surface area contributed by atoms with Gasteiger partial charge in [-0.1, -0.05) is 6.07 Å². The normalized spacial score (nSPS) is 11.5. The van der Waals surface area contributed by atoms with Crippen LogP contribution in [0.2, 0.25) is 0 Å². The molecule has 118 valence electrons. The Morgan fingerprint density at radius 3 is 2.59 bits per heavy atom. The molecule has 1 heterocycles. The molecule has 1 N–H and O–H groups in total. The van der Waals surface area contributed by atoms with Crippen molar-refractivity contribution in [2.45, 2.75) is 12.7 Å². The Morgan fingerprint density at radius 1 is 1.32 bits per heavy atom. The van der Waals surface area contributed by atoms with Crippen molar-refractivity contribution in [3.05, 3.63) is 36.2 Å². The van der Waals surface area contributed by atoms with Crippen molar-refractivity contribution in [3.8, 4) is 16.9 Å². The second-order valence-electron chi connectivity index (χ2n) is 4.94. The maximum Gasteiger partial charge on any atom is 0.419 e. The van der Waals surface area contributed by atoms with Crippen LogP contribution in [0.4, 0.5) is 13.2 Å². The van der Waals surface area contributed by atoms with Crippen molar-refractivity contribution >= 4 is 5.91 Å².